The van der Waals surface area contributed by atoms with E-state index in [-0.39, 0.29) is 11.7 Å². The molecule has 3 rings (SSSR count). The lowest BCUT2D eigenvalue weighted by atomic mass is 10.0. The van der Waals surface area contributed by atoms with Gasteiger partial charge in [-0.05, 0) is 59.5 Å². The van der Waals surface area contributed by atoms with E-state index in [1.807, 2.05) is 13.0 Å². The van der Waals surface area contributed by atoms with Gasteiger partial charge < -0.3 is 10.4 Å². The second kappa shape index (κ2) is 6.12. The number of benzene rings is 1. The van der Waals surface area contributed by atoms with E-state index < -0.39 is 0 Å². The number of aromatic amines is 1. The van der Waals surface area contributed by atoms with Crippen molar-refractivity contribution in [3.05, 3.63) is 39.6 Å². The molecule has 1 amide bonds. The number of anilines is 1. The molecule has 22 heavy (non-hydrogen) atoms. The first-order valence-corrected chi connectivity index (χ1v) is 8.19. The minimum absolute atomic E-state index is 0.0190. The number of H-pyrrole nitrogens is 1. The van der Waals surface area contributed by atoms with Gasteiger partial charge in [-0.3, -0.25) is 9.89 Å². The molecule has 6 heteroatoms. The summed E-state index contributed by atoms with van der Waals surface area (Å²) in [5, 5.41) is 19.8. The summed E-state index contributed by atoms with van der Waals surface area (Å²) in [7, 11) is 0. The number of nitrogens with zero attached hydrogens (tertiary/aromatic N) is 1. The monoisotopic (exact) mass is 363 g/mol. The zero-order chi connectivity index (χ0) is 15.7. The van der Waals surface area contributed by atoms with Crippen molar-refractivity contribution in [3.8, 4) is 5.75 Å². The fraction of sp³-hybridized carbons (Fsp3) is 0.375. The van der Waals surface area contributed by atoms with Gasteiger partial charge in [0.05, 0.1) is 10.2 Å². The Morgan fingerprint density at radius 1 is 1.36 bits per heavy atom. The van der Waals surface area contributed by atoms with Crippen molar-refractivity contribution in [3.63, 3.8) is 0 Å². The first-order valence-electron chi connectivity index (χ1n) is 7.40. The van der Waals surface area contributed by atoms with Crippen molar-refractivity contribution in [1.82, 2.24) is 10.2 Å². The summed E-state index contributed by atoms with van der Waals surface area (Å²) >= 11 is 3.27. The third-order valence-corrected chi connectivity index (χ3v) is 4.69. The maximum atomic E-state index is 12.3. The van der Waals surface area contributed by atoms with E-state index in [2.05, 4.69) is 31.4 Å². The minimum atomic E-state index is -0.326. The van der Waals surface area contributed by atoms with Crippen LogP contribution in [-0.4, -0.2) is 21.2 Å². The molecule has 116 valence electrons. The highest BCUT2D eigenvalue weighted by Crippen LogP contribution is 2.35. The SMILES string of the molecule is Cc1cc(Br)c(O)c(NC(=O)c2cc(C3CCCC3)[nH]n2)c1. The molecule has 1 heterocycles. The van der Waals surface area contributed by atoms with Crippen molar-refractivity contribution in [2.45, 2.75) is 38.5 Å². The van der Waals surface area contributed by atoms with E-state index in [9.17, 15) is 9.90 Å². The first kappa shape index (κ1) is 15.1. The molecular weight excluding hydrogens is 346 g/mol. The number of aromatic nitrogens is 2. The number of hydrogen-bond acceptors (Lipinski definition) is 3. The molecular formula is C16H18BrN3O2. The fourth-order valence-electron chi connectivity index (χ4n) is 2.92. The second-order valence-corrected chi connectivity index (χ2v) is 6.64. The van der Waals surface area contributed by atoms with Crippen LogP contribution in [0.5, 0.6) is 5.75 Å². The molecule has 0 atom stereocenters. The van der Waals surface area contributed by atoms with Gasteiger partial charge in [0.1, 0.15) is 0 Å². The molecule has 1 saturated carbocycles. The molecule has 0 bridgehead atoms. The van der Waals surface area contributed by atoms with Gasteiger partial charge in [-0.1, -0.05) is 12.8 Å². The van der Waals surface area contributed by atoms with E-state index in [1.54, 1.807) is 12.1 Å². The minimum Gasteiger partial charge on any atom is -0.505 e. The fourth-order valence-corrected chi connectivity index (χ4v) is 3.49. The summed E-state index contributed by atoms with van der Waals surface area (Å²) in [6.07, 6.45) is 4.76. The predicted molar refractivity (Wildman–Crippen MR) is 88.3 cm³/mol. The Morgan fingerprint density at radius 2 is 2.09 bits per heavy atom. The number of carbonyl (C=O) groups excluding carboxylic acids is 1. The summed E-state index contributed by atoms with van der Waals surface area (Å²) in [5.74, 6) is 0.175. The molecule has 5 nitrogen and oxygen atoms in total. The number of nitrogens with one attached hydrogen (secondary N) is 2. The molecule has 1 fully saturated rings. The lowest BCUT2D eigenvalue weighted by molar-refractivity contribution is 0.102. The van der Waals surface area contributed by atoms with Crippen LogP contribution in [0.4, 0.5) is 5.69 Å². The lowest BCUT2D eigenvalue weighted by Gasteiger charge is -2.08. The average Bonchev–Trinajstić information content (AvgIpc) is 3.14. The van der Waals surface area contributed by atoms with Crippen LogP contribution in [0.25, 0.3) is 0 Å². The number of halogens is 1. The van der Waals surface area contributed by atoms with Crippen LogP contribution in [0.3, 0.4) is 0 Å². The molecule has 2 aromatic rings. The molecule has 1 aliphatic rings. The van der Waals surface area contributed by atoms with Crippen molar-refractivity contribution in [2.75, 3.05) is 5.32 Å². The van der Waals surface area contributed by atoms with Crippen molar-refractivity contribution in [2.24, 2.45) is 0 Å². The van der Waals surface area contributed by atoms with Gasteiger partial charge in [0.15, 0.2) is 11.4 Å². The number of phenolic OH excluding ortho intramolecular Hbond substituents is 1. The molecule has 0 aliphatic heterocycles. The predicted octanol–water partition coefficient (Wildman–Crippen LogP) is 4.10. The van der Waals surface area contributed by atoms with E-state index in [4.69, 9.17) is 0 Å². The smallest absolute Gasteiger partial charge is 0.276 e. The van der Waals surface area contributed by atoms with E-state index >= 15 is 0 Å². The molecule has 0 radical (unpaired) electrons. The van der Waals surface area contributed by atoms with Crippen molar-refractivity contribution >= 4 is 27.5 Å². The number of carbonyl (C=O) groups is 1. The Bertz CT molecular complexity index is 705. The Kier molecular flexibility index (Phi) is 4.20. The third kappa shape index (κ3) is 3.02. The zero-order valence-electron chi connectivity index (χ0n) is 12.3. The van der Waals surface area contributed by atoms with Gasteiger partial charge in [0.25, 0.3) is 5.91 Å². The zero-order valence-corrected chi connectivity index (χ0v) is 13.9. The van der Waals surface area contributed by atoms with Gasteiger partial charge in [-0.25, -0.2) is 0 Å². The molecule has 0 unspecified atom stereocenters. The van der Waals surface area contributed by atoms with E-state index in [0.717, 1.165) is 24.1 Å². The first-order chi connectivity index (χ1) is 10.5. The van der Waals surface area contributed by atoms with Gasteiger partial charge in [0, 0.05) is 11.6 Å². The number of hydrogen-bond donors (Lipinski definition) is 3. The topological polar surface area (TPSA) is 78.0 Å². The number of amides is 1. The summed E-state index contributed by atoms with van der Waals surface area (Å²) < 4.78 is 0.552. The molecule has 1 aromatic heterocycles. The standard InChI is InChI=1S/C16H18BrN3O2/c1-9-6-11(17)15(21)13(7-9)18-16(22)14-8-12(19-20-14)10-4-2-3-5-10/h6-8,10,21H,2-5H2,1H3,(H,18,22)(H,19,20). The number of rotatable bonds is 3. The summed E-state index contributed by atoms with van der Waals surface area (Å²) in [6.45, 7) is 1.90. The number of phenols is 1. The van der Waals surface area contributed by atoms with Crippen molar-refractivity contribution < 1.29 is 9.90 Å². The Morgan fingerprint density at radius 3 is 2.82 bits per heavy atom. The molecule has 0 spiro atoms. The third-order valence-electron chi connectivity index (χ3n) is 4.08. The average molecular weight is 364 g/mol. The summed E-state index contributed by atoms with van der Waals surface area (Å²) in [4.78, 5) is 12.3. The van der Waals surface area contributed by atoms with Gasteiger partial charge in [-0.15, -0.1) is 0 Å². The van der Waals surface area contributed by atoms with Gasteiger partial charge in [0.2, 0.25) is 0 Å². The highest BCUT2D eigenvalue weighted by molar-refractivity contribution is 9.10. The van der Waals surface area contributed by atoms with E-state index in [0.29, 0.717) is 21.8 Å². The van der Waals surface area contributed by atoms with Crippen LogP contribution < -0.4 is 5.32 Å². The van der Waals surface area contributed by atoms with Crippen LogP contribution >= 0.6 is 15.9 Å². The largest absolute Gasteiger partial charge is 0.505 e. The molecule has 3 N–H and O–H groups in total. The van der Waals surface area contributed by atoms with Gasteiger partial charge >= 0.3 is 0 Å². The van der Waals surface area contributed by atoms with Crippen LogP contribution in [0.15, 0.2) is 22.7 Å². The maximum Gasteiger partial charge on any atom is 0.276 e. The van der Waals surface area contributed by atoms with Crippen molar-refractivity contribution in [1.29, 1.82) is 0 Å². The quantitative estimate of drug-likeness (QED) is 0.718. The highest BCUT2D eigenvalue weighted by Gasteiger charge is 2.21. The van der Waals surface area contributed by atoms with Crippen LogP contribution in [-0.2, 0) is 0 Å². The number of aryl methyl sites for hydroxylation is 1. The van der Waals surface area contributed by atoms with Crippen LogP contribution in [0.1, 0.15) is 53.3 Å². The summed E-state index contributed by atoms with van der Waals surface area (Å²) in [6, 6.07) is 5.33. The maximum absolute atomic E-state index is 12.3. The lowest BCUT2D eigenvalue weighted by Crippen LogP contribution is -2.12. The Balaban J connectivity index is 1.77. The summed E-state index contributed by atoms with van der Waals surface area (Å²) in [5.41, 5.74) is 2.69. The van der Waals surface area contributed by atoms with Gasteiger partial charge in [-0.2, -0.15) is 5.10 Å². The normalized spacial score (nSPS) is 15.2. The van der Waals surface area contributed by atoms with E-state index in [1.165, 1.54) is 12.8 Å². The Labute approximate surface area is 137 Å². The Hall–Kier alpha value is -1.82. The molecule has 1 aromatic carbocycles. The second-order valence-electron chi connectivity index (χ2n) is 5.79. The highest BCUT2D eigenvalue weighted by atomic mass is 79.9. The molecule has 1 aliphatic carbocycles. The number of aromatic hydroxyl groups is 1. The van der Waals surface area contributed by atoms with Crippen LogP contribution in [0, 0.1) is 6.92 Å². The molecule has 0 saturated heterocycles. The van der Waals surface area contributed by atoms with Crippen LogP contribution in [0.2, 0.25) is 0 Å².